The summed E-state index contributed by atoms with van der Waals surface area (Å²) in [6, 6.07) is 8.02. The van der Waals surface area contributed by atoms with Crippen LogP contribution in [0.15, 0.2) is 24.3 Å². The first-order valence-electron chi connectivity index (χ1n) is 7.58. The molecule has 0 aromatic heterocycles. The first-order valence-corrected chi connectivity index (χ1v) is 7.96. The summed E-state index contributed by atoms with van der Waals surface area (Å²) >= 11 is 5.91. The summed E-state index contributed by atoms with van der Waals surface area (Å²) in [5, 5.41) is 13.6. The van der Waals surface area contributed by atoms with Crippen LogP contribution >= 0.6 is 11.6 Å². The van der Waals surface area contributed by atoms with Crippen molar-refractivity contribution >= 4 is 17.6 Å². The summed E-state index contributed by atoms with van der Waals surface area (Å²) < 4.78 is 0. The molecule has 0 radical (unpaired) electrons. The molecule has 0 heterocycles. The molecule has 0 aliphatic heterocycles. The quantitative estimate of drug-likeness (QED) is 0.752. The van der Waals surface area contributed by atoms with Crippen molar-refractivity contribution in [2.24, 2.45) is 5.41 Å². The maximum Gasteiger partial charge on any atom is 0.310 e. The summed E-state index contributed by atoms with van der Waals surface area (Å²) in [7, 11) is 0. The van der Waals surface area contributed by atoms with Crippen LogP contribution < -0.4 is 5.32 Å². The van der Waals surface area contributed by atoms with E-state index in [1.54, 1.807) is 0 Å². The summed E-state index contributed by atoms with van der Waals surface area (Å²) in [4.78, 5) is 11.5. The van der Waals surface area contributed by atoms with E-state index in [1.807, 2.05) is 38.1 Å². The lowest BCUT2D eigenvalue weighted by molar-refractivity contribution is -0.149. The first kappa shape index (κ1) is 18.0. The van der Waals surface area contributed by atoms with Crippen LogP contribution in [-0.4, -0.2) is 23.7 Å². The second-order valence-corrected chi connectivity index (χ2v) is 6.24. The number of halogens is 1. The minimum absolute atomic E-state index is 0.197. The predicted octanol–water partition coefficient (Wildman–Crippen LogP) is 4.31. The van der Waals surface area contributed by atoms with Crippen molar-refractivity contribution in [2.75, 3.05) is 6.54 Å². The lowest BCUT2D eigenvalue weighted by Gasteiger charge is -2.30. The normalized spacial score (nSPS) is 14.7. The van der Waals surface area contributed by atoms with Gasteiger partial charge in [-0.3, -0.25) is 4.79 Å². The van der Waals surface area contributed by atoms with Gasteiger partial charge in [0.1, 0.15) is 0 Å². The van der Waals surface area contributed by atoms with E-state index in [9.17, 15) is 9.90 Å². The van der Waals surface area contributed by atoms with Crippen LogP contribution in [0.4, 0.5) is 0 Å². The molecule has 1 aromatic rings. The van der Waals surface area contributed by atoms with Crippen LogP contribution in [0.25, 0.3) is 0 Å². The van der Waals surface area contributed by atoms with Gasteiger partial charge in [0.15, 0.2) is 0 Å². The summed E-state index contributed by atoms with van der Waals surface area (Å²) in [6.45, 7) is 8.60. The van der Waals surface area contributed by atoms with Crippen molar-refractivity contribution in [2.45, 2.75) is 52.5 Å². The van der Waals surface area contributed by atoms with Crippen molar-refractivity contribution in [3.05, 3.63) is 34.9 Å². The Hall–Kier alpha value is -1.06. The molecule has 0 aliphatic rings. The Kier molecular flexibility index (Phi) is 6.69. The lowest BCUT2D eigenvalue weighted by atomic mass is 9.81. The molecule has 3 nitrogen and oxygen atoms in total. The molecular weight excluding hydrogens is 286 g/mol. The molecule has 1 rings (SSSR count). The molecule has 4 heteroatoms. The topological polar surface area (TPSA) is 49.3 Å². The van der Waals surface area contributed by atoms with Crippen LogP contribution in [0, 0.1) is 5.41 Å². The van der Waals surface area contributed by atoms with Crippen molar-refractivity contribution in [1.82, 2.24) is 5.32 Å². The van der Waals surface area contributed by atoms with E-state index in [0.29, 0.717) is 25.3 Å². The monoisotopic (exact) mass is 311 g/mol. The van der Waals surface area contributed by atoms with Gasteiger partial charge in [-0.15, -0.1) is 0 Å². The Labute approximate surface area is 132 Å². The molecule has 0 aliphatic carbocycles. The Morgan fingerprint density at radius 3 is 2.19 bits per heavy atom. The Bertz CT molecular complexity index is 454. The third-order valence-electron chi connectivity index (χ3n) is 4.72. The van der Waals surface area contributed by atoms with Crippen molar-refractivity contribution in [3.63, 3.8) is 0 Å². The van der Waals surface area contributed by atoms with E-state index in [-0.39, 0.29) is 6.04 Å². The standard InChI is InChI=1S/C17H26ClNO2/c1-5-17(6-2,16(20)21)11-19-13(4)12(3)14-7-9-15(18)10-8-14/h7-10,12-13,19H,5-6,11H2,1-4H3,(H,20,21). The second kappa shape index (κ2) is 7.81. The predicted molar refractivity (Wildman–Crippen MR) is 88.0 cm³/mol. The number of carbonyl (C=O) groups is 1. The smallest absolute Gasteiger partial charge is 0.310 e. The van der Waals surface area contributed by atoms with Crippen molar-refractivity contribution in [1.29, 1.82) is 0 Å². The van der Waals surface area contributed by atoms with Crippen molar-refractivity contribution in [3.8, 4) is 0 Å². The van der Waals surface area contributed by atoms with Crippen LogP contribution in [0.3, 0.4) is 0 Å². The fraction of sp³-hybridized carbons (Fsp3) is 0.588. The van der Waals surface area contributed by atoms with E-state index in [2.05, 4.69) is 19.2 Å². The first-order chi connectivity index (χ1) is 9.86. The minimum Gasteiger partial charge on any atom is -0.481 e. The van der Waals surface area contributed by atoms with Crippen LogP contribution in [0.2, 0.25) is 5.02 Å². The number of hydrogen-bond donors (Lipinski definition) is 2. The van der Waals surface area contributed by atoms with Gasteiger partial charge in [-0.25, -0.2) is 0 Å². The molecule has 21 heavy (non-hydrogen) atoms. The summed E-state index contributed by atoms with van der Waals surface area (Å²) in [6.07, 6.45) is 1.27. The van der Waals surface area contributed by atoms with Gasteiger partial charge in [0.2, 0.25) is 0 Å². The Balaban J connectivity index is 2.69. The van der Waals surface area contributed by atoms with Crippen LogP contribution in [0.5, 0.6) is 0 Å². The zero-order chi connectivity index (χ0) is 16.0. The molecule has 0 fully saturated rings. The number of benzene rings is 1. The number of carboxylic acid groups (broad SMARTS) is 1. The van der Waals surface area contributed by atoms with Gasteiger partial charge < -0.3 is 10.4 Å². The molecule has 118 valence electrons. The Morgan fingerprint density at radius 1 is 1.24 bits per heavy atom. The Morgan fingerprint density at radius 2 is 1.76 bits per heavy atom. The molecule has 0 saturated heterocycles. The number of nitrogens with one attached hydrogen (secondary N) is 1. The van der Waals surface area contributed by atoms with E-state index in [4.69, 9.17) is 11.6 Å². The van der Waals surface area contributed by atoms with E-state index in [0.717, 1.165) is 5.02 Å². The molecule has 2 N–H and O–H groups in total. The fourth-order valence-corrected chi connectivity index (χ4v) is 2.59. The van der Waals surface area contributed by atoms with Crippen LogP contribution in [-0.2, 0) is 4.79 Å². The SMILES string of the molecule is CCC(CC)(CNC(C)C(C)c1ccc(Cl)cc1)C(=O)O. The van der Waals surface area contributed by atoms with Gasteiger partial charge in [0.05, 0.1) is 5.41 Å². The third kappa shape index (κ3) is 4.45. The average Bonchev–Trinajstić information content (AvgIpc) is 2.48. The van der Waals surface area contributed by atoms with E-state index in [1.165, 1.54) is 5.56 Å². The lowest BCUT2D eigenvalue weighted by Crippen LogP contribution is -2.44. The highest BCUT2D eigenvalue weighted by atomic mass is 35.5. The molecule has 0 saturated carbocycles. The van der Waals surface area contributed by atoms with Crippen LogP contribution in [0.1, 0.15) is 52.0 Å². The molecule has 2 unspecified atom stereocenters. The summed E-state index contributed by atoms with van der Waals surface area (Å²) in [5.74, 6) is -0.422. The van der Waals surface area contributed by atoms with Gasteiger partial charge in [-0.05, 0) is 43.4 Å². The van der Waals surface area contributed by atoms with Gasteiger partial charge >= 0.3 is 5.97 Å². The van der Waals surface area contributed by atoms with E-state index < -0.39 is 11.4 Å². The molecule has 2 atom stereocenters. The third-order valence-corrected chi connectivity index (χ3v) is 4.97. The molecule has 1 aromatic carbocycles. The van der Waals surface area contributed by atoms with Gasteiger partial charge in [-0.1, -0.05) is 44.5 Å². The molecular formula is C17H26ClNO2. The number of carboxylic acids is 1. The van der Waals surface area contributed by atoms with Gasteiger partial charge in [0.25, 0.3) is 0 Å². The summed E-state index contributed by atoms with van der Waals surface area (Å²) in [5.41, 5.74) is 0.530. The maximum absolute atomic E-state index is 11.5. The minimum atomic E-state index is -0.716. The number of hydrogen-bond acceptors (Lipinski definition) is 2. The largest absolute Gasteiger partial charge is 0.481 e. The zero-order valence-corrected chi connectivity index (χ0v) is 14.1. The van der Waals surface area contributed by atoms with Gasteiger partial charge in [-0.2, -0.15) is 0 Å². The maximum atomic E-state index is 11.5. The van der Waals surface area contributed by atoms with Crippen molar-refractivity contribution < 1.29 is 9.90 Å². The van der Waals surface area contributed by atoms with E-state index >= 15 is 0 Å². The highest BCUT2D eigenvalue weighted by Crippen LogP contribution is 2.27. The number of rotatable bonds is 8. The molecule has 0 amide bonds. The number of aliphatic carboxylic acids is 1. The average molecular weight is 312 g/mol. The molecule has 0 bridgehead atoms. The van der Waals surface area contributed by atoms with Gasteiger partial charge in [0, 0.05) is 17.6 Å². The highest BCUT2D eigenvalue weighted by Gasteiger charge is 2.35. The fourth-order valence-electron chi connectivity index (χ4n) is 2.47. The molecule has 0 spiro atoms. The second-order valence-electron chi connectivity index (χ2n) is 5.80. The highest BCUT2D eigenvalue weighted by molar-refractivity contribution is 6.30. The zero-order valence-electron chi connectivity index (χ0n) is 13.3.